The predicted molar refractivity (Wildman–Crippen MR) is 69.5 cm³/mol. The second kappa shape index (κ2) is 5.48. The van der Waals surface area contributed by atoms with Crippen LogP contribution in [0.1, 0.15) is 12.5 Å². The SMILES string of the molecule is C=C(C)COc1cc2c(cc1C=CC(=O)O)OCO2. The fourth-order valence-electron chi connectivity index (χ4n) is 1.56. The fourth-order valence-corrected chi connectivity index (χ4v) is 1.56. The Morgan fingerprint density at radius 3 is 2.79 bits per heavy atom. The highest BCUT2D eigenvalue weighted by atomic mass is 16.7. The van der Waals surface area contributed by atoms with Crippen LogP contribution in [-0.4, -0.2) is 24.5 Å². The molecule has 0 radical (unpaired) electrons. The highest BCUT2D eigenvalue weighted by molar-refractivity contribution is 5.86. The predicted octanol–water partition coefficient (Wildman–Crippen LogP) is 2.47. The first kappa shape index (κ1) is 13.0. The summed E-state index contributed by atoms with van der Waals surface area (Å²) < 4.78 is 16.1. The summed E-state index contributed by atoms with van der Waals surface area (Å²) in [5.74, 6) is 0.671. The van der Waals surface area contributed by atoms with Crippen molar-refractivity contribution in [3.05, 3.63) is 35.9 Å². The lowest BCUT2D eigenvalue weighted by atomic mass is 10.1. The zero-order chi connectivity index (χ0) is 13.8. The third kappa shape index (κ3) is 3.28. The van der Waals surface area contributed by atoms with Crippen molar-refractivity contribution < 1.29 is 24.1 Å². The molecule has 0 atom stereocenters. The van der Waals surface area contributed by atoms with E-state index in [0.29, 0.717) is 29.4 Å². The van der Waals surface area contributed by atoms with Gasteiger partial charge < -0.3 is 19.3 Å². The molecule has 0 fully saturated rings. The van der Waals surface area contributed by atoms with Crippen molar-refractivity contribution >= 4 is 12.0 Å². The lowest BCUT2D eigenvalue weighted by Crippen LogP contribution is -1.99. The molecule has 1 aliphatic heterocycles. The monoisotopic (exact) mass is 262 g/mol. The van der Waals surface area contributed by atoms with Gasteiger partial charge in [-0.15, -0.1) is 0 Å². The molecule has 0 spiro atoms. The highest BCUT2D eigenvalue weighted by Crippen LogP contribution is 2.38. The first-order chi connectivity index (χ1) is 9.06. The Hall–Kier alpha value is -2.43. The number of hydrogen-bond acceptors (Lipinski definition) is 4. The van der Waals surface area contributed by atoms with Gasteiger partial charge in [-0.25, -0.2) is 4.79 Å². The van der Waals surface area contributed by atoms with E-state index in [1.54, 1.807) is 12.1 Å². The van der Waals surface area contributed by atoms with Crippen molar-refractivity contribution in [3.63, 3.8) is 0 Å². The molecule has 1 aliphatic rings. The van der Waals surface area contributed by atoms with E-state index >= 15 is 0 Å². The number of benzene rings is 1. The molecule has 100 valence electrons. The molecule has 5 heteroatoms. The van der Waals surface area contributed by atoms with Gasteiger partial charge in [-0.05, 0) is 24.6 Å². The summed E-state index contributed by atoms with van der Waals surface area (Å²) in [4.78, 5) is 10.6. The Bertz CT molecular complexity index is 545. The Labute approximate surface area is 110 Å². The van der Waals surface area contributed by atoms with Crippen molar-refractivity contribution in [1.82, 2.24) is 0 Å². The maximum atomic E-state index is 10.6. The maximum Gasteiger partial charge on any atom is 0.328 e. The standard InChI is InChI=1S/C14H14O5/c1-9(2)7-17-11-6-13-12(18-8-19-13)5-10(11)3-4-14(15)16/h3-6H,1,7-8H2,2H3,(H,15,16). The average Bonchev–Trinajstić information content (AvgIpc) is 2.79. The van der Waals surface area contributed by atoms with Gasteiger partial charge in [0, 0.05) is 17.7 Å². The first-order valence-electron chi connectivity index (χ1n) is 5.68. The number of carbonyl (C=O) groups is 1. The van der Waals surface area contributed by atoms with E-state index in [1.165, 1.54) is 6.08 Å². The van der Waals surface area contributed by atoms with E-state index in [0.717, 1.165) is 11.6 Å². The van der Waals surface area contributed by atoms with Crippen molar-refractivity contribution in [3.8, 4) is 17.2 Å². The number of ether oxygens (including phenoxy) is 3. The van der Waals surface area contributed by atoms with Crippen LogP contribution in [0.25, 0.3) is 6.08 Å². The van der Waals surface area contributed by atoms with Crippen LogP contribution in [-0.2, 0) is 4.79 Å². The molecule has 5 nitrogen and oxygen atoms in total. The van der Waals surface area contributed by atoms with Crippen LogP contribution in [0, 0.1) is 0 Å². The Kier molecular flexibility index (Phi) is 3.75. The van der Waals surface area contributed by atoms with E-state index in [1.807, 2.05) is 6.92 Å². The zero-order valence-electron chi connectivity index (χ0n) is 10.5. The summed E-state index contributed by atoms with van der Waals surface area (Å²) in [7, 11) is 0. The summed E-state index contributed by atoms with van der Waals surface area (Å²) in [6.45, 7) is 6.11. The molecule has 0 saturated heterocycles. The second-order valence-electron chi connectivity index (χ2n) is 4.16. The molecule has 0 saturated carbocycles. The van der Waals surface area contributed by atoms with Crippen molar-refractivity contribution in [2.45, 2.75) is 6.92 Å². The van der Waals surface area contributed by atoms with Gasteiger partial charge in [0.25, 0.3) is 0 Å². The van der Waals surface area contributed by atoms with Gasteiger partial charge in [-0.3, -0.25) is 0 Å². The largest absolute Gasteiger partial charge is 0.489 e. The molecule has 0 aromatic heterocycles. The normalized spacial score (nSPS) is 12.7. The van der Waals surface area contributed by atoms with E-state index < -0.39 is 5.97 Å². The van der Waals surface area contributed by atoms with E-state index in [2.05, 4.69) is 6.58 Å². The van der Waals surface area contributed by atoms with Gasteiger partial charge in [0.1, 0.15) is 12.4 Å². The smallest absolute Gasteiger partial charge is 0.328 e. The molecule has 1 N–H and O–H groups in total. The summed E-state index contributed by atoms with van der Waals surface area (Å²) in [5.41, 5.74) is 1.48. The fraction of sp³-hybridized carbons (Fsp3) is 0.214. The van der Waals surface area contributed by atoms with Gasteiger partial charge in [0.05, 0.1) is 0 Å². The molecule has 2 rings (SSSR count). The van der Waals surface area contributed by atoms with Crippen LogP contribution in [0.5, 0.6) is 17.2 Å². The van der Waals surface area contributed by atoms with Crippen LogP contribution in [0.3, 0.4) is 0 Å². The molecule has 1 aromatic rings. The van der Waals surface area contributed by atoms with Crippen LogP contribution in [0.4, 0.5) is 0 Å². The maximum absolute atomic E-state index is 10.6. The number of rotatable bonds is 5. The van der Waals surface area contributed by atoms with Crippen LogP contribution in [0.15, 0.2) is 30.4 Å². The number of carboxylic acids is 1. The molecular weight excluding hydrogens is 248 g/mol. The van der Waals surface area contributed by atoms with Crippen LogP contribution >= 0.6 is 0 Å². The Balaban J connectivity index is 2.31. The Morgan fingerprint density at radius 1 is 1.47 bits per heavy atom. The summed E-state index contributed by atoms with van der Waals surface area (Å²) in [6.07, 6.45) is 2.50. The van der Waals surface area contributed by atoms with Crippen molar-refractivity contribution in [1.29, 1.82) is 0 Å². The van der Waals surface area contributed by atoms with Crippen LogP contribution < -0.4 is 14.2 Å². The number of aliphatic carboxylic acids is 1. The quantitative estimate of drug-likeness (QED) is 0.652. The van der Waals surface area contributed by atoms with E-state index in [-0.39, 0.29) is 6.79 Å². The minimum atomic E-state index is -1.02. The average molecular weight is 262 g/mol. The molecule has 1 heterocycles. The van der Waals surface area contributed by atoms with Gasteiger partial charge in [0.2, 0.25) is 6.79 Å². The molecule has 0 amide bonds. The first-order valence-corrected chi connectivity index (χ1v) is 5.68. The third-order valence-corrected chi connectivity index (χ3v) is 2.38. The van der Waals surface area contributed by atoms with E-state index in [4.69, 9.17) is 19.3 Å². The molecule has 1 aromatic carbocycles. The van der Waals surface area contributed by atoms with Gasteiger partial charge in [0.15, 0.2) is 11.5 Å². The van der Waals surface area contributed by atoms with Crippen molar-refractivity contribution in [2.75, 3.05) is 13.4 Å². The Morgan fingerprint density at radius 2 is 2.16 bits per heavy atom. The third-order valence-electron chi connectivity index (χ3n) is 2.38. The second-order valence-corrected chi connectivity index (χ2v) is 4.16. The lowest BCUT2D eigenvalue weighted by molar-refractivity contribution is -0.131. The van der Waals surface area contributed by atoms with E-state index in [9.17, 15) is 4.79 Å². The number of carboxylic acid groups (broad SMARTS) is 1. The molecular formula is C14H14O5. The number of hydrogen-bond donors (Lipinski definition) is 1. The summed E-state index contributed by atoms with van der Waals surface area (Å²) in [5, 5.41) is 8.68. The van der Waals surface area contributed by atoms with Crippen molar-refractivity contribution in [2.24, 2.45) is 0 Å². The molecule has 0 unspecified atom stereocenters. The molecule has 19 heavy (non-hydrogen) atoms. The lowest BCUT2D eigenvalue weighted by Gasteiger charge is -2.10. The molecule has 0 bridgehead atoms. The van der Waals surface area contributed by atoms with Gasteiger partial charge in [-0.1, -0.05) is 6.58 Å². The minimum absolute atomic E-state index is 0.154. The zero-order valence-corrected chi connectivity index (χ0v) is 10.5. The summed E-state index contributed by atoms with van der Waals surface area (Å²) in [6, 6.07) is 3.38. The van der Waals surface area contributed by atoms with Crippen LogP contribution in [0.2, 0.25) is 0 Å². The topological polar surface area (TPSA) is 65.0 Å². The van der Waals surface area contributed by atoms with Gasteiger partial charge in [-0.2, -0.15) is 0 Å². The molecule has 0 aliphatic carbocycles. The number of fused-ring (bicyclic) bond motifs is 1. The van der Waals surface area contributed by atoms with Gasteiger partial charge >= 0.3 is 5.97 Å². The highest BCUT2D eigenvalue weighted by Gasteiger charge is 2.17. The summed E-state index contributed by atoms with van der Waals surface area (Å²) >= 11 is 0. The minimum Gasteiger partial charge on any atom is -0.489 e.